The fraction of sp³-hybridized carbons (Fsp3) is 0.125. The van der Waals surface area contributed by atoms with Gasteiger partial charge in [-0.2, -0.15) is 0 Å². The predicted molar refractivity (Wildman–Crippen MR) is 46.4 cm³/mol. The lowest BCUT2D eigenvalue weighted by Gasteiger charge is -2.00. The molecule has 0 aliphatic heterocycles. The first-order valence-electron chi connectivity index (χ1n) is 3.23. The highest BCUT2D eigenvalue weighted by Gasteiger charge is 1.96. The van der Waals surface area contributed by atoms with Gasteiger partial charge in [-0.25, -0.2) is 0 Å². The standard InChI is InChI=1S/C8H9ClNO/c9-7-2-1-6(3-4-11)5-8(7)10/h1-3,5,11H,4,10H2. The van der Waals surface area contributed by atoms with Crippen molar-refractivity contribution in [3.63, 3.8) is 0 Å². The van der Waals surface area contributed by atoms with E-state index in [1.807, 2.05) is 0 Å². The summed E-state index contributed by atoms with van der Waals surface area (Å²) in [6.45, 7) is 0.0150. The van der Waals surface area contributed by atoms with E-state index in [1.165, 1.54) is 0 Å². The Morgan fingerprint density at radius 3 is 2.82 bits per heavy atom. The van der Waals surface area contributed by atoms with Gasteiger partial charge in [-0.1, -0.05) is 17.7 Å². The Morgan fingerprint density at radius 2 is 2.27 bits per heavy atom. The van der Waals surface area contributed by atoms with Gasteiger partial charge in [-0.3, -0.25) is 0 Å². The maximum Gasteiger partial charge on any atom is 0.0635 e. The van der Waals surface area contributed by atoms with E-state index in [-0.39, 0.29) is 6.61 Å². The fourth-order valence-corrected chi connectivity index (χ4v) is 0.912. The summed E-state index contributed by atoms with van der Waals surface area (Å²) in [5.41, 5.74) is 6.94. The molecule has 0 atom stereocenters. The van der Waals surface area contributed by atoms with E-state index in [1.54, 1.807) is 24.6 Å². The van der Waals surface area contributed by atoms with Crippen molar-refractivity contribution in [2.24, 2.45) is 0 Å². The lowest BCUT2D eigenvalue weighted by molar-refractivity contribution is 0.331. The molecule has 1 aromatic rings. The molecule has 2 nitrogen and oxygen atoms in total. The first-order valence-corrected chi connectivity index (χ1v) is 3.61. The highest BCUT2D eigenvalue weighted by molar-refractivity contribution is 6.33. The molecule has 0 saturated carbocycles. The van der Waals surface area contributed by atoms with Crippen LogP contribution in [0.1, 0.15) is 5.56 Å². The van der Waals surface area contributed by atoms with E-state index in [0.717, 1.165) is 5.56 Å². The number of aliphatic hydroxyl groups is 1. The topological polar surface area (TPSA) is 46.2 Å². The van der Waals surface area contributed by atoms with E-state index in [0.29, 0.717) is 10.7 Å². The Balaban J connectivity index is 2.86. The monoisotopic (exact) mass is 170 g/mol. The summed E-state index contributed by atoms with van der Waals surface area (Å²) in [5.74, 6) is 0. The number of hydrogen-bond acceptors (Lipinski definition) is 2. The van der Waals surface area contributed by atoms with Gasteiger partial charge in [0.05, 0.1) is 17.3 Å². The summed E-state index contributed by atoms with van der Waals surface area (Å²) in [6, 6.07) is 5.23. The van der Waals surface area contributed by atoms with Crippen LogP contribution in [0.5, 0.6) is 0 Å². The molecule has 0 fully saturated rings. The van der Waals surface area contributed by atoms with E-state index >= 15 is 0 Å². The Bertz CT molecular complexity index is 250. The van der Waals surface area contributed by atoms with Crippen molar-refractivity contribution in [3.8, 4) is 0 Å². The van der Waals surface area contributed by atoms with Crippen molar-refractivity contribution >= 4 is 17.3 Å². The Labute approximate surface area is 70.6 Å². The molecule has 0 aliphatic carbocycles. The van der Waals surface area contributed by atoms with Crippen LogP contribution in [0.3, 0.4) is 0 Å². The van der Waals surface area contributed by atoms with Crippen LogP contribution in [0, 0.1) is 6.42 Å². The summed E-state index contributed by atoms with van der Waals surface area (Å²) in [6.07, 6.45) is 1.66. The minimum atomic E-state index is 0.0150. The van der Waals surface area contributed by atoms with Gasteiger partial charge in [0.15, 0.2) is 0 Å². The second-order valence-corrected chi connectivity index (χ2v) is 2.57. The van der Waals surface area contributed by atoms with Crippen molar-refractivity contribution in [2.75, 3.05) is 12.3 Å². The van der Waals surface area contributed by atoms with Crippen LogP contribution < -0.4 is 5.73 Å². The Kier molecular flexibility index (Phi) is 2.74. The lowest BCUT2D eigenvalue weighted by atomic mass is 10.1. The van der Waals surface area contributed by atoms with Gasteiger partial charge in [0.25, 0.3) is 0 Å². The number of hydrogen-bond donors (Lipinski definition) is 2. The Hall–Kier alpha value is -0.730. The zero-order valence-corrected chi connectivity index (χ0v) is 6.67. The average Bonchev–Trinajstić information content (AvgIpc) is 1.98. The smallest absolute Gasteiger partial charge is 0.0635 e. The highest BCUT2D eigenvalue weighted by atomic mass is 35.5. The number of nitrogens with two attached hydrogens (primary N) is 1. The molecule has 0 aromatic heterocycles. The molecule has 0 saturated heterocycles. The minimum Gasteiger partial charge on any atom is -0.398 e. The molecule has 3 N–H and O–H groups in total. The van der Waals surface area contributed by atoms with Crippen molar-refractivity contribution < 1.29 is 5.11 Å². The second-order valence-electron chi connectivity index (χ2n) is 2.17. The molecule has 59 valence electrons. The minimum absolute atomic E-state index is 0.0150. The van der Waals surface area contributed by atoms with Crippen LogP contribution in [0.2, 0.25) is 5.02 Å². The molecule has 0 spiro atoms. The average molecular weight is 171 g/mol. The molecular formula is C8H9ClNO. The van der Waals surface area contributed by atoms with Gasteiger partial charge in [-0.15, -0.1) is 0 Å². The van der Waals surface area contributed by atoms with Crippen LogP contribution in [-0.2, 0) is 0 Å². The van der Waals surface area contributed by atoms with Crippen LogP contribution in [-0.4, -0.2) is 11.7 Å². The first-order chi connectivity index (χ1) is 5.24. The molecular weight excluding hydrogens is 162 g/mol. The van der Waals surface area contributed by atoms with Crippen LogP contribution in [0.4, 0.5) is 5.69 Å². The predicted octanol–water partition coefficient (Wildman–Crippen LogP) is 1.47. The quantitative estimate of drug-likeness (QED) is 0.661. The van der Waals surface area contributed by atoms with Gasteiger partial charge in [0.2, 0.25) is 0 Å². The van der Waals surface area contributed by atoms with Gasteiger partial charge < -0.3 is 10.8 Å². The highest BCUT2D eigenvalue weighted by Crippen LogP contribution is 2.19. The maximum atomic E-state index is 8.55. The third-order valence-electron chi connectivity index (χ3n) is 1.35. The number of benzene rings is 1. The zero-order chi connectivity index (χ0) is 8.27. The molecule has 0 heterocycles. The van der Waals surface area contributed by atoms with Crippen molar-refractivity contribution in [1.82, 2.24) is 0 Å². The van der Waals surface area contributed by atoms with Gasteiger partial charge in [-0.05, 0) is 17.7 Å². The number of rotatable bonds is 2. The molecule has 0 unspecified atom stereocenters. The van der Waals surface area contributed by atoms with Crippen LogP contribution in [0.25, 0.3) is 0 Å². The molecule has 1 rings (SSSR count). The molecule has 11 heavy (non-hydrogen) atoms. The van der Waals surface area contributed by atoms with Crippen molar-refractivity contribution in [2.45, 2.75) is 0 Å². The van der Waals surface area contributed by atoms with Gasteiger partial charge >= 0.3 is 0 Å². The third kappa shape index (κ3) is 2.10. The van der Waals surface area contributed by atoms with Crippen LogP contribution in [0.15, 0.2) is 18.2 Å². The molecule has 0 bridgehead atoms. The number of nitrogen functional groups attached to an aromatic ring is 1. The Morgan fingerprint density at radius 1 is 1.55 bits per heavy atom. The van der Waals surface area contributed by atoms with Crippen molar-refractivity contribution in [1.29, 1.82) is 0 Å². The summed E-state index contributed by atoms with van der Waals surface area (Å²) >= 11 is 5.68. The van der Waals surface area contributed by atoms with E-state index in [2.05, 4.69) is 0 Å². The number of halogens is 1. The van der Waals surface area contributed by atoms with E-state index in [9.17, 15) is 0 Å². The molecule has 1 radical (unpaired) electrons. The fourth-order valence-electron chi connectivity index (χ4n) is 0.795. The lowest BCUT2D eigenvalue weighted by Crippen LogP contribution is -1.91. The van der Waals surface area contributed by atoms with Crippen molar-refractivity contribution in [3.05, 3.63) is 35.2 Å². The first kappa shape index (κ1) is 8.37. The molecule has 0 aliphatic rings. The van der Waals surface area contributed by atoms with E-state index < -0.39 is 0 Å². The third-order valence-corrected chi connectivity index (χ3v) is 1.69. The SMILES string of the molecule is Nc1cc([CH]CO)ccc1Cl. The summed E-state index contributed by atoms with van der Waals surface area (Å²) < 4.78 is 0. The van der Waals surface area contributed by atoms with Gasteiger partial charge in [0.1, 0.15) is 0 Å². The summed E-state index contributed by atoms with van der Waals surface area (Å²) in [4.78, 5) is 0. The second kappa shape index (κ2) is 3.60. The van der Waals surface area contributed by atoms with E-state index in [4.69, 9.17) is 22.4 Å². The molecule has 1 aromatic carbocycles. The molecule has 3 heteroatoms. The maximum absolute atomic E-state index is 8.55. The largest absolute Gasteiger partial charge is 0.398 e. The van der Waals surface area contributed by atoms with Gasteiger partial charge in [0, 0.05) is 6.42 Å². The zero-order valence-electron chi connectivity index (χ0n) is 5.92. The summed E-state index contributed by atoms with van der Waals surface area (Å²) in [5, 5.41) is 9.09. The summed E-state index contributed by atoms with van der Waals surface area (Å²) in [7, 11) is 0. The number of aliphatic hydroxyl groups excluding tert-OH is 1. The van der Waals surface area contributed by atoms with Crippen LogP contribution >= 0.6 is 11.6 Å². The number of anilines is 1. The molecule has 0 amide bonds. The normalized spacial score (nSPS) is 10.0.